The summed E-state index contributed by atoms with van der Waals surface area (Å²) >= 11 is 1.59. The Morgan fingerprint density at radius 3 is 2.43 bits per heavy atom. The van der Waals surface area contributed by atoms with Crippen molar-refractivity contribution in [3.63, 3.8) is 0 Å². The van der Waals surface area contributed by atoms with Gasteiger partial charge < -0.3 is 0 Å². The lowest BCUT2D eigenvalue weighted by Crippen LogP contribution is -1.91. The molecule has 4 aromatic heterocycles. The molecule has 0 atom stereocenters. The van der Waals surface area contributed by atoms with Crippen molar-refractivity contribution in [1.82, 2.24) is 24.9 Å². The van der Waals surface area contributed by atoms with Crippen LogP contribution in [-0.4, -0.2) is 24.9 Å². The van der Waals surface area contributed by atoms with E-state index in [1.54, 1.807) is 36.0 Å². The Bertz CT molecular complexity index is 922. The van der Waals surface area contributed by atoms with E-state index in [2.05, 4.69) is 24.9 Å². The second kappa shape index (κ2) is 6.02. The van der Waals surface area contributed by atoms with Crippen LogP contribution in [0.25, 0.3) is 32.7 Å². The van der Waals surface area contributed by atoms with Gasteiger partial charge in [0.25, 0.3) is 0 Å². The van der Waals surface area contributed by atoms with E-state index >= 15 is 0 Å². The van der Waals surface area contributed by atoms with Crippen LogP contribution in [-0.2, 0) is 0 Å². The third-order valence-corrected chi connectivity index (χ3v) is 4.28. The van der Waals surface area contributed by atoms with E-state index in [1.165, 1.54) is 0 Å². The smallest absolute Gasteiger partial charge is 0.178 e. The van der Waals surface area contributed by atoms with Crippen molar-refractivity contribution in [2.24, 2.45) is 0 Å². The minimum atomic E-state index is 0.617. The lowest BCUT2D eigenvalue weighted by atomic mass is 10.2. The molecule has 0 spiro atoms. The molecular weight excluding hydrogens is 306 g/mol. The van der Waals surface area contributed by atoms with Crippen LogP contribution in [0.2, 0.25) is 0 Å². The molecule has 110 valence electrons. The minimum Gasteiger partial charge on any atom is -0.264 e. The number of rotatable bonds is 3. The van der Waals surface area contributed by atoms with E-state index in [-0.39, 0.29) is 0 Å². The van der Waals surface area contributed by atoms with E-state index in [0.29, 0.717) is 5.82 Å². The number of hydrogen-bond donors (Lipinski definition) is 0. The highest BCUT2D eigenvalue weighted by Gasteiger charge is 2.09. The van der Waals surface area contributed by atoms with Gasteiger partial charge in [0.15, 0.2) is 5.82 Å². The Balaban J connectivity index is 1.71. The fourth-order valence-corrected chi connectivity index (χ4v) is 3.02. The van der Waals surface area contributed by atoms with E-state index in [0.717, 1.165) is 26.8 Å². The van der Waals surface area contributed by atoms with Gasteiger partial charge >= 0.3 is 0 Å². The van der Waals surface area contributed by atoms with Crippen molar-refractivity contribution in [2.75, 3.05) is 0 Å². The van der Waals surface area contributed by atoms with Crippen molar-refractivity contribution >= 4 is 11.3 Å². The summed E-state index contributed by atoms with van der Waals surface area (Å²) < 4.78 is 0. The van der Waals surface area contributed by atoms with Crippen molar-refractivity contribution in [1.29, 1.82) is 0 Å². The summed E-state index contributed by atoms with van der Waals surface area (Å²) in [6, 6.07) is 11.5. The second-order valence-electron chi connectivity index (χ2n) is 4.75. The first-order valence-corrected chi connectivity index (χ1v) is 7.83. The molecule has 4 heterocycles. The molecule has 0 unspecified atom stereocenters. The predicted molar refractivity (Wildman–Crippen MR) is 89.6 cm³/mol. The lowest BCUT2D eigenvalue weighted by Gasteiger charge is -2.01. The maximum atomic E-state index is 4.65. The van der Waals surface area contributed by atoms with Crippen LogP contribution in [0, 0.1) is 0 Å². The zero-order chi connectivity index (χ0) is 15.5. The largest absolute Gasteiger partial charge is 0.264 e. The topological polar surface area (TPSA) is 64.5 Å². The van der Waals surface area contributed by atoms with Crippen LogP contribution in [0.5, 0.6) is 0 Å². The van der Waals surface area contributed by atoms with Crippen LogP contribution >= 0.6 is 11.3 Å². The first-order chi connectivity index (χ1) is 11.4. The van der Waals surface area contributed by atoms with Crippen molar-refractivity contribution in [3.8, 4) is 32.7 Å². The Kier molecular flexibility index (Phi) is 3.57. The fraction of sp³-hybridized carbons (Fsp3) is 0. The Hall–Kier alpha value is -2.99. The zero-order valence-electron chi connectivity index (χ0n) is 12.0. The molecule has 0 amide bonds. The third kappa shape index (κ3) is 2.84. The van der Waals surface area contributed by atoms with Crippen molar-refractivity contribution < 1.29 is 0 Å². The highest BCUT2D eigenvalue weighted by atomic mass is 32.1. The normalized spacial score (nSPS) is 10.6. The molecular formula is C17H11N5S. The molecule has 0 bridgehead atoms. The van der Waals surface area contributed by atoms with Gasteiger partial charge in [-0.05, 0) is 30.3 Å². The monoisotopic (exact) mass is 317 g/mol. The van der Waals surface area contributed by atoms with E-state index in [4.69, 9.17) is 0 Å². The van der Waals surface area contributed by atoms with Crippen molar-refractivity contribution in [3.05, 3.63) is 67.4 Å². The molecule has 23 heavy (non-hydrogen) atoms. The van der Waals surface area contributed by atoms with Crippen LogP contribution < -0.4 is 0 Å². The molecule has 0 aromatic carbocycles. The molecule has 6 heteroatoms. The number of pyridine rings is 2. The van der Waals surface area contributed by atoms with Gasteiger partial charge in [0, 0.05) is 36.5 Å². The van der Waals surface area contributed by atoms with E-state index in [9.17, 15) is 0 Å². The standard InChI is InChI=1S/C17H11N5S/c1-5-13(22-14(6-1)16-19-8-3-9-20-16)15-11-21-17(23-15)12-4-2-7-18-10-12/h1-11H. The predicted octanol–water partition coefficient (Wildman–Crippen LogP) is 3.72. The van der Waals surface area contributed by atoms with Crippen molar-refractivity contribution in [2.45, 2.75) is 0 Å². The van der Waals surface area contributed by atoms with E-state index in [1.807, 2.05) is 42.7 Å². The zero-order valence-corrected chi connectivity index (χ0v) is 12.8. The van der Waals surface area contributed by atoms with Gasteiger partial charge in [-0.25, -0.2) is 19.9 Å². The summed E-state index contributed by atoms with van der Waals surface area (Å²) in [5.74, 6) is 0.617. The molecule has 4 rings (SSSR count). The van der Waals surface area contributed by atoms with Crippen LogP contribution in [0.1, 0.15) is 0 Å². The Labute approximate surface area is 136 Å². The maximum Gasteiger partial charge on any atom is 0.178 e. The molecule has 0 N–H and O–H groups in total. The number of aromatic nitrogens is 5. The Morgan fingerprint density at radius 2 is 1.61 bits per heavy atom. The molecule has 0 saturated carbocycles. The van der Waals surface area contributed by atoms with Gasteiger partial charge in [-0.3, -0.25) is 4.98 Å². The van der Waals surface area contributed by atoms with Gasteiger partial charge in [0.05, 0.1) is 10.6 Å². The third-order valence-electron chi connectivity index (χ3n) is 3.21. The van der Waals surface area contributed by atoms with Crippen LogP contribution in [0.4, 0.5) is 0 Å². The highest BCUT2D eigenvalue weighted by Crippen LogP contribution is 2.31. The quantitative estimate of drug-likeness (QED) is 0.576. The summed E-state index contributed by atoms with van der Waals surface area (Å²) in [6.45, 7) is 0. The summed E-state index contributed by atoms with van der Waals surface area (Å²) in [4.78, 5) is 22.7. The Morgan fingerprint density at radius 1 is 0.739 bits per heavy atom. The molecule has 0 saturated heterocycles. The lowest BCUT2D eigenvalue weighted by molar-refractivity contribution is 1.14. The second-order valence-corrected chi connectivity index (χ2v) is 5.78. The first kappa shape index (κ1) is 13.7. The average molecular weight is 317 g/mol. The fourth-order valence-electron chi connectivity index (χ4n) is 2.14. The van der Waals surface area contributed by atoms with Gasteiger partial charge in [-0.1, -0.05) is 6.07 Å². The summed E-state index contributed by atoms with van der Waals surface area (Å²) in [6.07, 6.45) is 8.83. The minimum absolute atomic E-state index is 0.617. The van der Waals surface area contributed by atoms with Crippen LogP contribution in [0.15, 0.2) is 67.4 Å². The van der Waals surface area contributed by atoms with Crippen LogP contribution in [0.3, 0.4) is 0 Å². The van der Waals surface area contributed by atoms with Gasteiger partial charge in [0.2, 0.25) is 0 Å². The molecule has 0 aliphatic carbocycles. The molecule has 5 nitrogen and oxygen atoms in total. The summed E-state index contributed by atoms with van der Waals surface area (Å²) in [5.41, 5.74) is 2.62. The maximum absolute atomic E-state index is 4.65. The highest BCUT2D eigenvalue weighted by molar-refractivity contribution is 7.18. The van der Waals surface area contributed by atoms with E-state index < -0.39 is 0 Å². The summed E-state index contributed by atoms with van der Waals surface area (Å²) in [7, 11) is 0. The molecule has 0 aliphatic heterocycles. The molecule has 0 fully saturated rings. The van der Waals surface area contributed by atoms with Gasteiger partial charge in [-0.2, -0.15) is 0 Å². The number of thiazole rings is 1. The molecule has 4 aromatic rings. The average Bonchev–Trinajstić information content (AvgIpc) is 3.14. The summed E-state index contributed by atoms with van der Waals surface area (Å²) in [5, 5.41) is 0.927. The first-order valence-electron chi connectivity index (χ1n) is 7.01. The van der Waals surface area contributed by atoms with Gasteiger partial charge in [0.1, 0.15) is 10.7 Å². The van der Waals surface area contributed by atoms with Gasteiger partial charge in [-0.15, -0.1) is 11.3 Å². The number of nitrogens with zero attached hydrogens (tertiary/aromatic N) is 5. The molecule has 0 radical (unpaired) electrons. The molecule has 0 aliphatic rings. The number of hydrogen-bond acceptors (Lipinski definition) is 6. The SMILES string of the molecule is c1cnc(-c2cccc(-c3cnc(-c4cccnc4)s3)n2)nc1.